The number of rotatable bonds is 4. The molecule has 0 spiro atoms. The molecule has 0 saturated heterocycles. The van der Waals surface area contributed by atoms with Crippen molar-refractivity contribution in [3.05, 3.63) is 101 Å². The van der Waals surface area contributed by atoms with Crippen molar-refractivity contribution in [2.45, 2.75) is 13.0 Å². The second kappa shape index (κ2) is 8.31. The van der Waals surface area contributed by atoms with Crippen LogP contribution in [0, 0.1) is 0 Å². The lowest BCUT2D eigenvalue weighted by Crippen LogP contribution is -3.00. The van der Waals surface area contributed by atoms with Gasteiger partial charge in [-0.05, 0) is 35.9 Å². The van der Waals surface area contributed by atoms with Crippen molar-refractivity contribution >= 4 is 11.9 Å². The molecule has 1 aliphatic carbocycles. The highest BCUT2D eigenvalue weighted by molar-refractivity contribution is 6.15. The average Bonchev–Trinajstić information content (AvgIpc) is 2.98. The number of Topliss-reactive ketones (excluding diaryl/α,β-unsaturated/α-hetero) is 1. The summed E-state index contributed by atoms with van der Waals surface area (Å²) < 4.78 is 7.40. The second-order valence-corrected chi connectivity index (χ2v) is 6.49. The summed E-state index contributed by atoms with van der Waals surface area (Å²) in [4.78, 5) is 12.7. The Hall–Kier alpha value is -2.72. The fraction of sp³-hybridized carbons (Fsp3) is 0.130. The molecule has 0 fully saturated rings. The summed E-state index contributed by atoms with van der Waals surface area (Å²) in [6.07, 6.45) is 6.77. The molecule has 0 bridgehead atoms. The number of hydrogen-bond acceptors (Lipinski definition) is 2. The maximum absolute atomic E-state index is 12.7. The van der Waals surface area contributed by atoms with Crippen molar-refractivity contribution in [1.29, 1.82) is 0 Å². The molecule has 3 nitrogen and oxygen atoms in total. The second-order valence-electron chi connectivity index (χ2n) is 6.49. The molecule has 1 heterocycles. The third-order valence-electron chi connectivity index (χ3n) is 4.66. The zero-order chi connectivity index (χ0) is 17.9. The molecule has 0 radical (unpaired) electrons. The standard InChI is InChI=1S/C23H20NO2.BrH/c1-26-21-9-10-22-19(14-21)13-20(23(22)25)12-18-8-5-11-24(16-18)15-17-6-3-2-4-7-17;/h2-12,14,16H,13,15H2,1H3;1H/q+1;/p-1. The third-order valence-corrected chi connectivity index (χ3v) is 4.66. The van der Waals surface area contributed by atoms with E-state index in [4.69, 9.17) is 4.74 Å². The summed E-state index contributed by atoms with van der Waals surface area (Å²) in [5, 5.41) is 0. The van der Waals surface area contributed by atoms with Crippen LogP contribution in [0.2, 0.25) is 0 Å². The van der Waals surface area contributed by atoms with Crippen LogP contribution in [-0.2, 0) is 13.0 Å². The van der Waals surface area contributed by atoms with Gasteiger partial charge in [-0.3, -0.25) is 4.79 Å². The molecular formula is C23H20BrNO2. The molecule has 1 aliphatic rings. The molecule has 4 heteroatoms. The SMILES string of the molecule is COc1ccc2c(c1)CC(=Cc1ccc[n+](Cc3ccccc3)c1)C2=O.[Br-]. The van der Waals surface area contributed by atoms with Crippen LogP contribution in [0.5, 0.6) is 5.75 Å². The molecule has 0 saturated carbocycles. The summed E-state index contributed by atoms with van der Waals surface area (Å²) in [7, 11) is 1.64. The predicted molar refractivity (Wildman–Crippen MR) is 101 cm³/mol. The minimum Gasteiger partial charge on any atom is -1.00 e. The molecule has 4 rings (SSSR count). The van der Waals surface area contributed by atoms with Crippen LogP contribution in [-0.4, -0.2) is 12.9 Å². The van der Waals surface area contributed by atoms with Crippen molar-refractivity contribution in [2.24, 2.45) is 0 Å². The van der Waals surface area contributed by atoms with E-state index in [1.54, 1.807) is 7.11 Å². The van der Waals surface area contributed by atoms with Gasteiger partial charge >= 0.3 is 0 Å². The fourth-order valence-corrected chi connectivity index (χ4v) is 3.36. The Bertz CT molecular complexity index is 996. The van der Waals surface area contributed by atoms with Crippen LogP contribution >= 0.6 is 0 Å². The highest BCUT2D eigenvalue weighted by Gasteiger charge is 2.25. The molecule has 1 aromatic heterocycles. The number of halogens is 1. The van der Waals surface area contributed by atoms with E-state index in [9.17, 15) is 4.79 Å². The Labute approximate surface area is 169 Å². The quantitative estimate of drug-likeness (QED) is 0.461. The van der Waals surface area contributed by atoms with E-state index in [-0.39, 0.29) is 22.8 Å². The van der Waals surface area contributed by atoms with E-state index in [0.29, 0.717) is 6.42 Å². The number of methoxy groups -OCH3 is 1. The van der Waals surface area contributed by atoms with E-state index in [1.807, 2.05) is 60.8 Å². The lowest BCUT2D eigenvalue weighted by Gasteiger charge is -2.01. The Morgan fingerprint density at radius 3 is 2.67 bits per heavy atom. The highest BCUT2D eigenvalue weighted by atomic mass is 79.9. The van der Waals surface area contributed by atoms with Crippen molar-refractivity contribution in [2.75, 3.05) is 7.11 Å². The highest BCUT2D eigenvalue weighted by Crippen LogP contribution is 2.30. The minimum absolute atomic E-state index is 0. The van der Waals surface area contributed by atoms with Gasteiger partial charge in [-0.2, -0.15) is 0 Å². The van der Waals surface area contributed by atoms with Crippen molar-refractivity contribution in [3.8, 4) is 5.75 Å². The Balaban J connectivity index is 0.00000210. The number of pyridine rings is 1. The number of allylic oxidation sites excluding steroid dienone is 1. The van der Waals surface area contributed by atoms with Gasteiger partial charge in [0.15, 0.2) is 24.7 Å². The molecule has 136 valence electrons. The first kappa shape index (κ1) is 19.1. The zero-order valence-corrected chi connectivity index (χ0v) is 16.6. The van der Waals surface area contributed by atoms with E-state index < -0.39 is 0 Å². The van der Waals surface area contributed by atoms with Crippen LogP contribution in [0.15, 0.2) is 78.6 Å². The van der Waals surface area contributed by atoms with Crippen LogP contribution in [0.3, 0.4) is 0 Å². The number of aromatic nitrogens is 1. The van der Waals surface area contributed by atoms with E-state index in [2.05, 4.69) is 22.9 Å². The zero-order valence-electron chi connectivity index (χ0n) is 15.1. The first-order valence-electron chi connectivity index (χ1n) is 8.68. The molecule has 0 amide bonds. The fourth-order valence-electron chi connectivity index (χ4n) is 3.36. The monoisotopic (exact) mass is 421 g/mol. The van der Waals surface area contributed by atoms with E-state index in [1.165, 1.54) is 5.56 Å². The molecule has 0 atom stereocenters. The third kappa shape index (κ3) is 4.17. The maximum atomic E-state index is 12.7. The van der Waals surface area contributed by atoms with Crippen molar-refractivity contribution in [3.63, 3.8) is 0 Å². The summed E-state index contributed by atoms with van der Waals surface area (Å²) in [6, 6.07) is 20.0. The van der Waals surface area contributed by atoms with Gasteiger partial charge in [0, 0.05) is 34.8 Å². The lowest BCUT2D eigenvalue weighted by atomic mass is 10.1. The number of ether oxygens (including phenoxy) is 1. The van der Waals surface area contributed by atoms with Crippen LogP contribution < -0.4 is 26.3 Å². The number of ketones is 1. The summed E-state index contributed by atoms with van der Waals surface area (Å²) in [5.41, 5.74) is 4.93. The number of hydrogen-bond donors (Lipinski definition) is 0. The largest absolute Gasteiger partial charge is 1.00 e. The summed E-state index contributed by atoms with van der Waals surface area (Å²) in [6.45, 7) is 0.809. The van der Waals surface area contributed by atoms with Gasteiger partial charge in [-0.1, -0.05) is 30.3 Å². The molecule has 2 aromatic carbocycles. The van der Waals surface area contributed by atoms with Crippen LogP contribution in [0.25, 0.3) is 6.08 Å². The molecule has 0 unspecified atom stereocenters. The smallest absolute Gasteiger partial charge is 0.189 e. The number of carbonyl (C=O) groups is 1. The molecule has 0 N–H and O–H groups in total. The van der Waals surface area contributed by atoms with Gasteiger partial charge in [-0.25, -0.2) is 4.57 Å². The van der Waals surface area contributed by atoms with Gasteiger partial charge in [0.25, 0.3) is 0 Å². The normalized spacial score (nSPS) is 14.0. The molecule has 3 aromatic rings. The van der Waals surface area contributed by atoms with Crippen LogP contribution in [0.1, 0.15) is 27.0 Å². The van der Waals surface area contributed by atoms with E-state index >= 15 is 0 Å². The first-order chi connectivity index (χ1) is 12.7. The van der Waals surface area contributed by atoms with Crippen molar-refractivity contribution in [1.82, 2.24) is 0 Å². The number of carbonyl (C=O) groups excluding carboxylic acids is 1. The Kier molecular flexibility index (Phi) is 5.87. The van der Waals surface area contributed by atoms with Gasteiger partial charge in [0.2, 0.25) is 0 Å². The molecule has 27 heavy (non-hydrogen) atoms. The van der Waals surface area contributed by atoms with Gasteiger partial charge in [0.1, 0.15) is 5.75 Å². The van der Waals surface area contributed by atoms with Crippen LogP contribution in [0.4, 0.5) is 0 Å². The lowest BCUT2D eigenvalue weighted by molar-refractivity contribution is -0.688. The Morgan fingerprint density at radius 2 is 1.89 bits per heavy atom. The summed E-state index contributed by atoms with van der Waals surface area (Å²) >= 11 is 0. The molecule has 0 aliphatic heterocycles. The van der Waals surface area contributed by atoms with Crippen molar-refractivity contribution < 1.29 is 31.1 Å². The predicted octanol–water partition coefficient (Wildman–Crippen LogP) is 0.857. The first-order valence-corrected chi connectivity index (χ1v) is 8.68. The Morgan fingerprint density at radius 1 is 1.07 bits per heavy atom. The summed E-state index contributed by atoms with van der Waals surface area (Å²) in [5.74, 6) is 0.902. The minimum atomic E-state index is 0. The average molecular weight is 422 g/mol. The van der Waals surface area contributed by atoms with Gasteiger partial charge in [0.05, 0.1) is 7.11 Å². The molecular weight excluding hydrogens is 402 g/mol. The topological polar surface area (TPSA) is 30.2 Å². The number of fused-ring (bicyclic) bond motifs is 1. The maximum Gasteiger partial charge on any atom is 0.189 e. The number of benzene rings is 2. The number of nitrogens with zero attached hydrogens (tertiary/aromatic N) is 1. The van der Waals surface area contributed by atoms with Gasteiger partial charge < -0.3 is 21.7 Å². The van der Waals surface area contributed by atoms with E-state index in [0.717, 1.165) is 34.6 Å². The van der Waals surface area contributed by atoms with Gasteiger partial charge in [-0.15, -0.1) is 0 Å².